The fourth-order valence-corrected chi connectivity index (χ4v) is 2.29. The number of carbonyl (C=O) groups is 2. The summed E-state index contributed by atoms with van der Waals surface area (Å²) in [5, 5.41) is 2.89. The van der Waals surface area contributed by atoms with Crippen LogP contribution >= 0.6 is 0 Å². The maximum atomic E-state index is 11.5. The van der Waals surface area contributed by atoms with E-state index in [9.17, 15) is 9.59 Å². The molecule has 0 saturated heterocycles. The van der Waals surface area contributed by atoms with Crippen LogP contribution in [-0.2, 0) is 20.9 Å². The van der Waals surface area contributed by atoms with E-state index in [4.69, 9.17) is 9.47 Å². The van der Waals surface area contributed by atoms with E-state index in [0.717, 1.165) is 12.0 Å². The number of rotatable bonds is 6. The van der Waals surface area contributed by atoms with Crippen molar-refractivity contribution in [2.75, 3.05) is 0 Å². The van der Waals surface area contributed by atoms with E-state index in [1.165, 1.54) is 13.0 Å². The first-order chi connectivity index (χ1) is 10.4. The summed E-state index contributed by atoms with van der Waals surface area (Å²) in [5.41, 5.74) is 0.944. The van der Waals surface area contributed by atoms with E-state index in [1.807, 2.05) is 12.1 Å². The molecule has 0 aliphatic carbocycles. The summed E-state index contributed by atoms with van der Waals surface area (Å²) in [6.45, 7) is 5.95. The molecule has 0 aromatic heterocycles. The zero-order valence-electron chi connectivity index (χ0n) is 13.1. The van der Waals surface area contributed by atoms with E-state index in [1.54, 1.807) is 12.1 Å². The van der Waals surface area contributed by atoms with Crippen LogP contribution in [0.1, 0.15) is 32.8 Å². The Kier molecular flexibility index (Phi) is 5.20. The van der Waals surface area contributed by atoms with Crippen LogP contribution in [0, 0.1) is 5.92 Å². The second kappa shape index (κ2) is 7.11. The second-order valence-electron chi connectivity index (χ2n) is 5.76. The van der Waals surface area contributed by atoms with Crippen LogP contribution in [0.4, 0.5) is 0 Å². The van der Waals surface area contributed by atoms with Crippen molar-refractivity contribution in [1.82, 2.24) is 5.32 Å². The van der Waals surface area contributed by atoms with Gasteiger partial charge in [-0.2, -0.15) is 0 Å². The number of carbonyl (C=O) groups excluding carboxylic acids is 2. The maximum absolute atomic E-state index is 11.5. The monoisotopic (exact) mass is 303 g/mol. The summed E-state index contributed by atoms with van der Waals surface area (Å²) in [7, 11) is 0. The van der Waals surface area contributed by atoms with E-state index in [-0.39, 0.29) is 17.9 Å². The Labute approximate surface area is 130 Å². The van der Waals surface area contributed by atoms with Crippen LogP contribution < -0.4 is 10.1 Å². The Morgan fingerprint density at radius 1 is 1.27 bits per heavy atom. The number of ether oxygens (including phenoxy) is 2. The van der Waals surface area contributed by atoms with Gasteiger partial charge in [-0.15, -0.1) is 0 Å². The maximum Gasteiger partial charge on any atom is 0.308 e. The zero-order chi connectivity index (χ0) is 16.1. The van der Waals surface area contributed by atoms with Crippen molar-refractivity contribution in [3.8, 4) is 5.75 Å². The van der Waals surface area contributed by atoms with Crippen molar-refractivity contribution in [1.29, 1.82) is 0 Å². The molecular formula is C17H21NO4. The molecule has 1 aromatic rings. The number of hydrogen-bond donors (Lipinski definition) is 1. The third-order valence-corrected chi connectivity index (χ3v) is 3.23. The Hall–Kier alpha value is -2.30. The minimum Gasteiger partial charge on any atom is -0.491 e. The van der Waals surface area contributed by atoms with E-state index in [2.05, 4.69) is 19.2 Å². The van der Waals surface area contributed by atoms with Gasteiger partial charge in [-0.05, 0) is 30.0 Å². The molecule has 1 atom stereocenters. The molecule has 1 amide bonds. The number of esters is 1. The number of benzene rings is 1. The van der Waals surface area contributed by atoms with Crippen molar-refractivity contribution in [3.05, 3.63) is 41.7 Å². The van der Waals surface area contributed by atoms with Crippen LogP contribution in [0.3, 0.4) is 0 Å². The van der Waals surface area contributed by atoms with Gasteiger partial charge in [-0.25, -0.2) is 0 Å². The van der Waals surface area contributed by atoms with Gasteiger partial charge in [0.15, 0.2) is 0 Å². The Balaban J connectivity index is 1.92. The largest absolute Gasteiger partial charge is 0.491 e. The lowest BCUT2D eigenvalue weighted by Crippen LogP contribution is -2.30. The first-order valence-electron chi connectivity index (χ1n) is 7.36. The van der Waals surface area contributed by atoms with E-state index in [0.29, 0.717) is 24.0 Å². The van der Waals surface area contributed by atoms with Gasteiger partial charge in [0.25, 0.3) is 0 Å². The van der Waals surface area contributed by atoms with E-state index >= 15 is 0 Å². The molecule has 0 saturated carbocycles. The molecule has 0 radical (unpaired) electrons. The lowest BCUT2D eigenvalue weighted by atomic mass is 10.0. The minimum atomic E-state index is -0.346. The van der Waals surface area contributed by atoms with Crippen molar-refractivity contribution in [2.45, 2.75) is 39.8 Å². The summed E-state index contributed by atoms with van der Waals surface area (Å²) >= 11 is 0. The van der Waals surface area contributed by atoms with Gasteiger partial charge in [-0.1, -0.05) is 26.0 Å². The lowest BCUT2D eigenvalue weighted by Gasteiger charge is -2.18. The molecule has 1 aliphatic heterocycles. The summed E-state index contributed by atoms with van der Waals surface area (Å²) in [4.78, 5) is 22.3. The van der Waals surface area contributed by atoms with Crippen molar-refractivity contribution >= 4 is 11.9 Å². The quantitative estimate of drug-likeness (QED) is 0.648. The van der Waals surface area contributed by atoms with E-state index < -0.39 is 0 Å². The molecule has 5 nitrogen and oxygen atoms in total. The average molecular weight is 303 g/mol. The highest BCUT2D eigenvalue weighted by atomic mass is 16.5. The molecule has 1 heterocycles. The molecule has 1 N–H and O–H groups in total. The summed E-state index contributed by atoms with van der Waals surface area (Å²) in [5.74, 6) is 1.21. The first kappa shape index (κ1) is 16.1. The van der Waals surface area contributed by atoms with Crippen molar-refractivity contribution < 1.29 is 19.1 Å². The molecule has 0 spiro atoms. The molecule has 0 bridgehead atoms. The number of amides is 1. The average Bonchev–Trinajstić information content (AvgIpc) is 2.76. The first-order valence-corrected chi connectivity index (χ1v) is 7.36. The molecule has 1 aromatic carbocycles. The number of nitrogens with one attached hydrogen (secondary N) is 1. The van der Waals surface area contributed by atoms with Crippen molar-refractivity contribution in [3.63, 3.8) is 0 Å². The zero-order valence-corrected chi connectivity index (χ0v) is 13.1. The van der Waals surface area contributed by atoms with Gasteiger partial charge in [0.05, 0.1) is 6.04 Å². The molecule has 1 unspecified atom stereocenters. The van der Waals surface area contributed by atoms with Gasteiger partial charge in [0.1, 0.15) is 18.1 Å². The summed E-state index contributed by atoms with van der Waals surface area (Å²) in [6.07, 6.45) is 2.36. The highest BCUT2D eigenvalue weighted by Gasteiger charge is 2.25. The third kappa shape index (κ3) is 4.62. The molecule has 118 valence electrons. The smallest absolute Gasteiger partial charge is 0.308 e. The summed E-state index contributed by atoms with van der Waals surface area (Å²) < 4.78 is 10.7. The molecule has 22 heavy (non-hydrogen) atoms. The molecular weight excluding hydrogens is 282 g/mol. The highest BCUT2D eigenvalue weighted by molar-refractivity contribution is 5.91. The topological polar surface area (TPSA) is 64.6 Å². The Morgan fingerprint density at radius 2 is 1.95 bits per heavy atom. The lowest BCUT2D eigenvalue weighted by molar-refractivity contribution is -0.131. The standard InChI is InChI=1S/C17H21NO4/c1-11(2)8-15-16(9-17(20)18-15)21-10-13-4-6-14(7-5-13)22-12(3)19/h4-7,9,11,15H,8,10H2,1-3H3,(H,18,20). The number of hydrogen-bond acceptors (Lipinski definition) is 4. The van der Waals surface area contributed by atoms with Gasteiger partial charge in [0, 0.05) is 13.0 Å². The SMILES string of the molecule is CC(=O)Oc1ccc(COC2=CC(=O)NC2CC(C)C)cc1. The van der Waals surface area contributed by atoms with Gasteiger partial charge in [-0.3, -0.25) is 9.59 Å². The van der Waals surface area contributed by atoms with Crippen LogP contribution in [0.25, 0.3) is 0 Å². The third-order valence-electron chi connectivity index (χ3n) is 3.23. The highest BCUT2D eigenvalue weighted by Crippen LogP contribution is 2.20. The van der Waals surface area contributed by atoms with Crippen LogP contribution in [0.15, 0.2) is 36.1 Å². The predicted molar refractivity (Wildman–Crippen MR) is 82.0 cm³/mol. The minimum absolute atomic E-state index is 0.0483. The van der Waals surface area contributed by atoms with Crippen LogP contribution in [0.2, 0.25) is 0 Å². The molecule has 2 rings (SSSR count). The van der Waals surface area contributed by atoms with Crippen LogP contribution in [0.5, 0.6) is 5.75 Å². The fourth-order valence-electron chi connectivity index (χ4n) is 2.29. The van der Waals surface area contributed by atoms with Crippen molar-refractivity contribution in [2.24, 2.45) is 5.92 Å². The molecule has 5 heteroatoms. The Morgan fingerprint density at radius 3 is 2.55 bits per heavy atom. The van der Waals surface area contributed by atoms with Gasteiger partial charge < -0.3 is 14.8 Å². The van der Waals surface area contributed by atoms with Gasteiger partial charge >= 0.3 is 5.97 Å². The predicted octanol–water partition coefficient (Wildman–Crippen LogP) is 2.56. The molecule has 0 fully saturated rings. The molecule has 1 aliphatic rings. The van der Waals surface area contributed by atoms with Gasteiger partial charge in [0.2, 0.25) is 5.91 Å². The summed E-state index contributed by atoms with van der Waals surface area (Å²) in [6, 6.07) is 7.06. The second-order valence-corrected chi connectivity index (χ2v) is 5.76. The Bertz CT molecular complexity index is 575. The fraction of sp³-hybridized carbons (Fsp3) is 0.412. The normalized spacial score (nSPS) is 17.2. The van der Waals surface area contributed by atoms with Crippen LogP contribution in [-0.4, -0.2) is 17.9 Å².